The van der Waals surface area contributed by atoms with Gasteiger partial charge in [0.25, 0.3) is 0 Å². The van der Waals surface area contributed by atoms with E-state index in [1.54, 1.807) is 5.57 Å². The van der Waals surface area contributed by atoms with Crippen molar-refractivity contribution in [3.63, 3.8) is 0 Å². The number of nitrogens with zero attached hydrogens (tertiary/aromatic N) is 1. The number of carbonyl (C=O) groups excluding carboxylic acids is 1. The van der Waals surface area contributed by atoms with Gasteiger partial charge in [0.1, 0.15) is 11.6 Å². The number of esters is 1. The Kier molecular flexibility index (Phi) is 9.18. The molecule has 4 fully saturated rings. The summed E-state index contributed by atoms with van der Waals surface area (Å²) in [6.07, 6.45) is 13.5. The SMILES string of the molecule is CC(C)(C)[Si](C)(C)O[C@H]1CC[C@@]2(C)C(=CCC3C4CCC([C@]5(C)CN(Cc6ccccc6)[C@@H](Cc6ccccc6)C(=O)O5)[C@@]4(C)CCC32)C1. The van der Waals surface area contributed by atoms with E-state index in [-0.39, 0.29) is 22.5 Å². The maximum Gasteiger partial charge on any atom is 0.324 e. The Morgan fingerprint density at radius 3 is 2.22 bits per heavy atom. The van der Waals surface area contributed by atoms with E-state index in [4.69, 9.17) is 9.16 Å². The normalized spacial score (nSPS) is 38.2. The molecule has 5 heteroatoms. The van der Waals surface area contributed by atoms with Crippen molar-refractivity contribution in [2.45, 2.75) is 142 Å². The fourth-order valence-electron chi connectivity index (χ4n) is 11.5. The molecule has 0 spiro atoms. The smallest absolute Gasteiger partial charge is 0.324 e. The molecule has 2 aromatic rings. The van der Waals surface area contributed by atoms with Gasteiger partial charge in [0, 0.05) is 25.1 Å². The lowest BCUT2D eigenvalue weighted by Gasteiger charge is -2.60. The maximum absolute atomic E-state index is 14.2. The minimum atomic E-state index is -1.79. The molecule has 4 unspecified atom stereocenters. The molecule has 49 heavy (non-hydrogen) atoms. The maximum atomic E-state index is 14.2. The summed E-state index contributed by atoms with van der Waals surface area (Å²) in [5, 5.41) is 0.247. The number of carbonyl (C=O) groups is 1. The van der Waals surface area contributed by atoms with Crippen LogP contribution in [0.25, 0.3) is 0 Å². The number of rotatable bonds is 7. The van der Waals surface area contributed by atoms with Crippen molar-refractivity contribution in [1.29, 1.82) is 0 Å². The van der Waals surface area contributed by atoms with Crippen molar-refractivity contribution in [3.05, 3.63) is 83.4 Å². The fourth-order valence-corrected chi connectivity index (χ4v) is 12.9. The van der Waals surface area contributed by atoms with Crippen molar-refractivity contribution in [2.24, 2.45) is 34.5 Å². The van der Waals surface area contributed by atoms with Crippen molar-refractivity contribution in [1.82, 2.24) is 4.90 Å². The van der Waals surface area contributed by atoms with Gasteiger partial charge in [-0.3, -0.25) is 9.69 Å². The lowest BCUT2D eigenvalue weighted by atomic mass is 9.46. The van der Waals surface area contributed by atoms with Gasteiger partial charge in [0.05, 0.1) is 0 Å². The molecule has 0 amide bonds. The molecule has 0 N–H and O–H groups in total. The third-order valence-electron chi connectivity index (χ3n) is 15.1. The summed E-state index contributed by atoms with van der Waals surface area (Å²) in [5.41, 5.74) is 4.15. The van der Waals surface area contributed by atoms with E-state index in [2.05, 4.69) is 120 Å². The van der Waals surface area contributed by atoms with E-state index < -0.39 is 13.9 Å². The summed E-state index contributed by atoms with van der Waals surface area (Å²) >= 11 is 0. The molecule has 0 radical (unpaired) electrons. The molecule has 4 nitrogen and oxygen atoms in total. The Morgan fingerprint density at radius 2 is 1.55 bits per heavy atom. The second-order valence-electron chi connectivity index (χ2n) is 19.0. The molecule has 0 aromatic heterocycles. The number of allylic oxidation sites excluding steroid dienone is 1. The predicted molar refractivity (Wildman–Crippen MR) is 203 cm³/mol. The Bertz CT molecular complexity index is 1530. The van der Waals surface area contributed by atoms with Crippen LogP contribution in [-0.4, -0.2) is 43.5 Å². The molecule has 3 saturated carbocycles. The molecule has 266 valence electrons. The van der Waals surface area contributed by atoms with Crippen molar-refractivity contribution < 1.29 is 14.0 Å². The standard InChI is InChI=1S/C44H63NO3Si/c1-41(2,3)49(7,8)48-34-23-25-42(4)33(28-34)19-20-35-36-21-22-39(43(36,5)26-24-37(35)42)44(6)30-45(29-32-17-13-10-14-18-32)38(40(46)47-44)27-31-15-11-9-12-16-31/h9-19,34-39H,20-30H2,1-8H3/t34-,35?,36?,37?,38-,39?,42-,43-,44-/m0/s1. The molecular formula is C44H63NO3Si. The first kappa shape index (κ1) is 35.2. The van der Waals surface area contributed by atoms with Crippen LogP contribution in [0.4, 0.5) is 0 Å². The Hall–Kier alpha value is -2.21. The Balaban J connectivity index is 1.10. The van der Waals surface area contributed by atoms with Gasteiger partial charge in [-0.2, -0.15) is 0 Å². The summed E-state index contributed by atoms with van der Waals surface area (Å²) in [4.78, 5) is 16.6. The lowest BCUT2D eigenvalue weighted by molar-refractivity contribution is -0.200. The number of morpholine rings is 1. The van der Waals surface area contributed by atoms with Gasteiger partial charge >= 0.3 is 5.97 Å². The molecule has 1 aliphatic heterocycles. The largest absolute Gasteiger partial charge is 0.457 e. The second kappa shape index (κ2) is 12.8. The van der Waals surface area contributed by atoms with E-state index >= 15 is 0 Å². The molecule has 5 aliphatic rings. The fraction of sp³-hybridized carbons (Fsp3) is 0.659. The average molecular weight is 682 g/mol. The lowest BCUT2D eigenvalue weighted by Crippen LogP contribution is -2.63. The third-order valence-corrected chi connectivity index (χ3v) is 19.7. The number of benzene rings is 2. The highest BCUT2D eigenvalue weighted by Crippen LogP contribution is 2.68. The van der Waals surface area contributed by atoms with Crippen LogP contribution in [0.15, 0.2) is 72.3 Å². The summed E-state index contributed by atoms with van der Waals surface area (Å²) in [7, 11) is -1.79. The molecular weight excluding hydrogens is 619 g/mol. The summed E-state index contributed by atoms with van der Waals surface area (Å²) in [5.74, 6) is 2.50. The predicted octanol–water partition coefficient (Wildman–Crippen LogP) is 10.4. The topological polar surface area (TPSA) is 38.8 Å². The number of cyclic esters (lactones) is 1. The number of hydrogen-bond donors (Lipinski definition) is 0. The highest BCUT2D eigenvalue weighted by atomic mass is 28.4. The quantitative estimate of drug-likeness (QED) is 0.166. The third kappa shape index (κ3) is 6.33. The van der Waals surface area contributed by atoms with Crippen molar-refractivity contribution in [3.8, 4) is 0 Å². The zero-order valence-electron chi connectivity index (χ0n) is 31.8. The van der Waals surface area contributed by atoms with E-state index in [1.165, 1.54) is 49.7 Å². The molecule has 9 atom stereocenters. The summed E-state index contributed by atoms with van der Waals surface area (Å²) in [6, 6.07) is 20.9. The molecule has 4 aliphatic carbocycles. The van der Waals surface area contributed by atoms with Crippen LogP contribution in [0.1, 0.15) is 104 Å². The molecule has 2 aromatic carbocycles. The van der Waals surface area contributed by atoms with E-state index in [0.717, 1.165) is 37.8 Å². The van der Waals surface area contributed by atoms with Crippen LogP contribution in [0.2, 0.25) is 18.1 Å². The Labute approximate surface area is 298 Å². The molecule has 1 heterocycles. The second-order valence-corrected chi connectivity index (χ2v) is 23.8. The van der Waals surface area contributed by atoms with Gasteiger partial charge in [0.2, 0.25) is 0 Å². The van der Waals surface area contributed by atoms with Gasteiger partial charge in [-0.25, -0.2) is 0 Å². The van der Waals surface area contributed by atoms with Crippen molar-refractivity contribution >= 4 is 14.3 Å². The zero-order valence-corrected chi connectivity index (χ0v) is 32.8. The van der Waals surface area contributed by atoms with Crippen LogP contribution in [0, 0.1) is 34.5 Å². The molecule has 7 rings (SSSR count). The first-order chi connectivity index (χ1) is 23.1. The van der Waals surface area contributed by atoms with Crippen LogP contribution in [0.5, 0.6) is 0 Å². The highest BCUT2D eigenvalue weighted by Gasteiger charge is 2.63. The number of fused-ring (bicyclic) bond motifs is 5. The minimum Gasteiger partial charge on any atom is -0.457 e. The van der Waals surface area contributed by atoms with E-state index in [9.17, 15) is 4.79 Å². The number of hydrogen-bond acceptors (Lipinski definition) is 4. The minimum absolute atomic E-state index is 0.0382. The van der Waals surface area contributed by atoms with Gasteiger partial charge in [-0.05, 0) is 123 Å². The molecule has 1 saturated heterocycles. The Morgan fingerprint density at radius 1 is 0.878 bits per heavy atom. The van der Waals surface area contributed by atoms with E-state index in [1.807, 2.05) is 6.07 Å². The van der Waals surface area contributed by atoms with Gasteiger partial charge in [0.15, 0.2) is 8.32 Å². The first-order valence-corrected chi connectivity index (χ1v) is 22.5. The van der Waals surface area contributed by atoms with Gasteiger partial charge in [-0.1, -0.05) is 107 Å². The number of ether oxygens (including phenoxy) is 1. The van der Waals surface area contributed by atoms with Crippen LogP contribution < -0.4 is 0 Å². The van der Waals surface area contributed by atoms with E-state index in [0.29, 0.717) is 29.8 Å². The highest BCUT2D eigenvalue weighted by molar-refractivity contribution is 6.74. The van der Waals surface area contributed by atoms with Crippen molar-refractivity contribution in [2.75, 3.05) is 6.54 Å². The van der Waals surface area contributed by atoms with Gasteiger partial charge < -0.3 is 9.16 Å². The zero-order chi connectivity index (χ0) is 34.8. The first-order valence-electron chi connectivity index (χ1n) is 19.6. The van der Waals surface area contributed by atoms with Crippen LogP contribution in [-0.2, 0) is 26.9 Å². The van der Waals surface area contributed by atoms with Crippen LogP contribution >= 0.6 is 0 Å². The van der Waals surface area contributed by atoms with Crippen LogP contribution in [0.3, 0.4) is 0 Å². The average Bonchev–Trinajstić information content (AvgIpc) is 3.41. The monoisotopic (exact) mass is 681 g/mol. The van der Waals surface area contributed by atoms with Gasteiger partial charge in [-0.15, -0.1) is 0 Å². The summed E-state index contributed by atoms with van der Waals surface area (Å²) < 4.78 is 13.7. The molecule has 0 bridgehead atoms. The summed E-state index contributed by atoms with van der Waals surface area (Å²) in [6.45, 7) is 21.0.